The van der Waals surface area contributed by atoms with Gasteiger partial charge in [-0.15, -0.1) is 0 Å². The molecule has 0 aromatic carbocycles. The van der Waals surface area contributed by atoms with Crippen molar-refractivity contribution in [1.29, 1.82) is 0 Å². The van der Waals surface area contributed by atoms with Crippen LogP contribution >= 0.6 is 15.6 Å². The number of ether oxygens (including phenoxy) is 6. The van der Waals surface area contributed by atoms with Crippen LogP contribution in [0.1, 0.15) is 127 Å². The highest BCUT2D eigenvalue weighted by Gasteiger charge is 2.51. The molecule has 5 N–H and O–H groups in total. The normalized spacial score (nSPS) is 25.8. The van der Waals surface area contributed by atoms with E-state index in [1.807, 2.05) is 0 Å². The molecule has 4 aliphatic carbocycles. The molecule has 5 aliphatic rings. The van der Waals surface area contributed by atoms with Gasteiger partial charge in [0, 0.05) is 31.1 Å². The Morgan fingerprint density at radius 2 is 1.10 bits per heavy atom. The fourth-order valence-corrected chi connectivity index (χ4v) is 11.9. The number of amides is 1. The number of carbonyl (C=O) groups excluding carboxylic acids is 1. The molecule has 4 bridgehead atoms. The molecule has 1 aliphatic heterocycles. The fourth-order valence-electron chi connectivity index (χ4n) is 10.4. The number of aromatic amines is 1. The number of unbranched alkanes of at least 4 members (excludes halogenated alkanes) is 9. The second kappa shape index (κ2) is 31.0. The van der Waals surface area contributed by atoms with Crippen LogP contribution in [0, 0.1) is 30.1 Å². The monoisotopic (exact) mass is 1030 g/mol. The number of hydrogen-bond donors (Lipinski definition) is 5. The molecule has 2 unspecified atom stereocenters. The lowest BCUT2D eigenvalue weighted by Crippen LogP contribution is -2.48. The third kappa shape index (κ3) is 22.4. The van der Waals surface area contributed by atoms with Gasteiger partial charge in [-0.1, -0.05) is 51.4 Å². The van der Waals surface area contributed by atoms with Gasteiger partial charge < -0.3 is 48.6 Å². The molecule has 0 radical (unpaired) electrons. The Labute approximate surface area is 406 Å². The highest BCUT2D eigenvalue weighted by molar-refractivity contribution is 7.47. The van der Waals surface area contributed by atoms with Gasteiger partial charge in [0.05, 0.1) is 98.6 Å². The number of aryl methyl sites for hydroxylation is 1. The number of aliphatic hydroxyl groups excluding tert-OH is 1. The summed E-state index contributed by atoms with van der Waals surface area (Å²) in [5.74, 6) is 2.95. The Hall–Kier alpha value is -1.91. The number of hydrogen-bond acceptors (Lipinski definition) is 16. The van der Waals surface area contributed by atoms with Gasteiger partial charge in [0.1, 0.15) is 12.3 Å². The van der Waals surface area contributed by atoms with Crippen LogP contribution in [0.4, 0.5) is 0 Å². The Morgan fingerprint density at radius 3 is 1.61 bits per heavy atom. The molecule has 23 heteroatoms. The molecule has 398 valence electrons. The topological polar surface area (TPSA) is 271 Å². The Bertz CT molecular complexity index is 1820. The number of rotatable bonds is 40. The van der Waals surface area contributed by atoms with Crippen LogP contribution in [0.5, 0.6) is 0 Å². The van der Waals surface area contributed by atoms with Gasteiger partial charge >= 0.3 is 21.3 Å². The van der Waals surface area contributed by atoms with E-state index in [0.29, 0.717) is 44.9 Å². The molecular weight excluding hydrogens is 944 g/mol. The standard InChI is InChI=1S/C46H81N3O18P2/c1-36-34-49(45(53)48-44(36)52)43-29-40(50)41(67-43)35-66-69(56,57)65-25-23-62-21-19-60-17-15-58-14-16-59-18-20-61-22-24-64-68(54,55)63-13-11-9-7-5-3-2-4-6-8-10-12-47-42(51)33-46-30-37-26-38(31-46)28-39(27-37)32-46/h34,37-41,43,50H,2-33,35H2,1H3,(H,47,51)(H,54,55)(H,56,57)(H,48,52,53)/t37?,38?,39?,40-,41+,43+,46?/m0/s1. The maximum absolute atomic E-state index is 12.7. The van der Waals surface area contributed by atoms with Crippen molar-refractivity contribution in [3.05, 3.63) is 32.6 Å². The van der Waals surface area contributed by atoms with E-state index in [-0.39, 0.29) is 70.7 Å². The molecular formula is C46H81N3O18P2. The maximum atomic E-state index is 12.7. The summed E-state index contributed by atoms with van der Waals surface area (Å²) in [7, 11) is -8.61. The number of phosphoric ester groups is 2. The first-order valence-corrected chi connectivity index (χ1v) is 28.3. The summed E-state index contributed by atoms with van der Waals surface area (Å²) in [5.41, 5.74) is -0.636. The lowest BCUT2D eigenvalue weighted by Gasteiger charge is -2.56. The average molecular weight is 1030 g/mol. The third-order valence-electron chi connectivity index (χ3n) is 13.4. The van der Waals surface area contributed by atoms with Gasteiger partial charge in [0.25, 0.3) is 5.56 Å². The minimum absolute atomic E-state index is 0.00769. The third-order valence-corrected chi connectivity index (χ3v) is 15.4. The van der Waals surface area contributed by atoms with Crippen LogP contribution in [0.15, 0.2) is 15.8 Å². The SMILES string of the molecule is Cc1cn([C@H]2C[C@H](O)[C@@H](COP(=O)(O)OCCOCCOCCOCCOCCOCCOP(=O)(O)OCCCCCCCCCCCCNC(=O)CC34CC5CC(CC(C5)C3)C4)O2)c(=O)[nH]c1=O. The number of H-pyrrole nitrogens is 1. The average Bonchev–Trinajstić information content (AvgIpc) is 3.66. The first kappa shape index (κ1) is 58.0. The summed E-state index contributed by atoms with van der Waals surface area (Å²) >= 11 is 0. The summed E-state index contributed by atoms with van der Waals surface area (Å²) in [4.78, 5) is 58.5. The van der Waals surface area contributed by atoms with Crippen LogP contribution in [-0.4, -0.2) is 142 Å². The van der Waals surface area contributed by atoms with E-state index in [2.05, 4.69) is 10.3 Å². The van der Waals surface area contributed by atoms with Gasteiger partial charge in [-0.2, -0.15) is 0 Å². The molecule has 1 aromatic heterocycles. The molecule has 1 saturated heterocycles. The molecule has 1 aromatic rings. The fraction of sp³-hybridized carbons (Fsp3) is 0.891. The Morgan fingerprint density at radius 1 is 0.667 bits per heavy atom. The zero-order valence-electron chi connectivity index (χ0n) is 40.7. The second-order valence-electron chi connectivity index (χ2n) is 19.2. The summed E-state index contributed by atoms with van der Waals surface area (Å²) in [6.45, 7) is 4.22. The highest BCUT2D eigenvalue weighted by Crippen LogP contribution is 2.61. The van der Waals surface area contributed by atoms with E-state index in [0.717, 1.165) is 67.4 Å². The van der Waals surface area contributed by atoms with Crippen molar-refractivity contribution in [2.75, 3.05) is 99.0 Å². The molecule has 6 rings (SSSR count). The molecule has 0 spiro atoms. The van der Waals surface area contributed by atoms with Gasteiger partial charge in [0.2, 0.25) is 5.91 Å². The van der Waals surface area contributed by atoms with Crippen molar-refractivity contribution in [2.24, 2.45) is 23.2 Å². The minimum atomic E-state index is -4.48. The van der Waals surface area contributed by atoms with Crippen molar-refractivity contribution in [2.45, 2.75) is 141 Å². The Kier molecular flexibility index (Phi) is 26.0. The minimum Gasteiger partial charge on any atom is -0.390 e. The number of aliphatic hydroxyl groups is 1. The number of nitrogens with zero attached hydrogens (tertiary/aromatic N) is 1. The zero-order valence-corrected chi connectivity index (χ0v) is 42.5. The zero-order chi connectivity index (χ0) is 49.4. The first-order valence-electron chi connectivity index (χ1n) is 25.3. The molecule has 21 nitrogen and oxygen atoms in total. The van der Waals surface area contributed by atoms with Gasteiger partial charge in [-0.05, 0) is 81.5 Å². The van der Waals surface area contributed by atoms with Crippen LogP contribution in [0.25, 0.3) is 0 Å². The van der Waals surface area contributed by atoms with Crippen LogP contribution in [0.3, 0.4) is 0 Å². The van der Waals surface area contributed by atoms with Crippen molar-refractivity contribution >= 4 is 21.6 Å². The summed E-state index contributed by atoms with van der Waals surface area (Å²) in [6.07, 6.45) is 18.1. The summed E-state index contributed by atoms with van der Waals surface area (Å²) < 4.78 is 78.1. The number of nitrogens with one attached hydrogen (secondary N) is 2. The largest absolute Gasteiger partial charge is 0.472 e. The van der Waals surface area contributed by atoms with E-state index >= 15 is 0 Å². The lowest BCUT2D eigenvalue weighted by atomic mass is 9.49. The predicted molar refractivity (Wildman–Crippen MR) is 253 cm³/mol. The predicted octanol–water partition coefficient (Wildman–Crippen LogP) is 5.47. The van der Waals surface area contributed by atoms with Crippen molar-refractivity contribution in [1.82, 2.24) is 14.9 Å². The van der Waals surface area contributed by atoms with Crippen LogP contribution in [-0.2, 0) is 60.4 Å². The highest BCUT2D eigenvalue weighted by atomic mass is 31.2. The Balaban J connectivity index is 0.697. The van der Waals surface area contributed by atoms with Crippen LogP contribution < -0.4 is 16.6 Å². The van der Waals surface area contributed by atoms with Crippen molar-refractivity contribution in [3.8, 4) is 0 Å². The van der Waals surface area contributed by atoms with E-state index in [9.17, 15) is 38.4 Å². The van der Waals surface area contributed by atoms with Gasteiger partial charge in [-0.25, -0.2) is 13.9 Å². The van der Waals surface area contributed by atoms with E-state index in [4.69, 9.17) is 46.5 Å². The van der Waals surface area contributed by atoms with Gasteiger partial charge in [0.15, 0.2) is 0 Å². The van der Waals surface area contributed by atoms with Crippen molar-refractivity contribution in [3.63, 3.8) is 0 Å². The second-order valence-corrected chi connectivity index (χ2v) is 22.1. The quantitative estimate of drug-likeness (QED) is 0.0403. The van der Waals surface area contributed by atoms with Gasteiger partial charge in [-0.3, -0.25) is 37.2 Å². The smallest absolute Gasteiger partial charge is 0.390 e. The van der Waals surface area contributed by atoms with Crippen LogP contribution in [0.2, 0.25) is 0 Å². The summed E-state index contributed by atoms with van der Waals surface area (Å²) in [6, 6.07) is 0. The molecule has 5 atom stereocenters. The molecule has 5 fully saturated rings. The molecule has 4 saturated carbocycles. The molecule has 69 heavy (non-hydrogen) atoms. The molecule has 1 amide bonds. The van der Waals surface area contributed by atoms with E-state index < -0.39 is 51.9 Å². The molecule has 2 heterocycles. The van der Waals surface area contributed by atoms with Crippen molar-refractivity contribution < 1.29 is 75.3 Å². The number of aromatic nitrogens is 2. The van der Waals surface area contributed by atoms with E-state index in [1.165, 1.54) is 77.3 Å². The maximum Gasteiger partial charge on any atom is 0.472 e. The number of carbonyl (C=O) groups is 1. The number of phosphoric acid groups is 2. The van der Waals surface area contributed by atoms with E-state index in [1.54, 1.807) is 0 Å². The lowest BCUT2D eigenvalue weighted by molar-refractivity contribution is -0.129. The summed E-state index contributed by atoms with van der Waals surface area (Å²) in [5, 5.41) is 13.5. The first-order chi connectivity index (χ1) is 33.2.